The van der Waals surface area contributed by atoms with Crippen LogP contribution in [0.15, 0.2) is 18.3 Å². The first kappa shape index (κ1) is 10.7. The van der Waals surface area contributed by atoms with Gasteiger partial charge in [0, 0.05) is 18.4 Å². The van der Waals surface area contributed by atoms with Crippen molar-refractivity contribution < 1.29 is 0 Å². The molecule has 2 rings (SSSR count). The summed E-state index contributed by atoms with van der Waals surface area (Å²) >= 11 is 0. The number of tetrazole rings is 1. The van der Waals surface area contributed by atoms with E-state index in [0.29, 0.717) is 5.82 Å². The van der Waals surface area contributed by atoms with Crippen LogP contribution in [0.4, 0.5) is 0 Å². The molecule has 0 aliphatic rings. The van der Waals surface area contributed by atoms with E-state index < -0.39 is 0 Å². The average Bonchev–Trinajstić information content (AvgIpc) is 2.81. The quantitative estimate of drug-likeness (QED) is 0.791. The number of hydrogen-bond acceptors (Lipinski definition) is 5. The molecule has 0 aliphatic carbocycles. The van der Waals surface area contributed by atoms with Crippen molar-refractivity contribution in [3.63, 3.8) is 0 Å². The summed E-state index contributed by atoms with van der Waals surface area (Å²) in [6.45, 7) is 4.70. The molecule has 2 heterocycles. The fourth-order valence-electron chi connectivity index (χ4n) is 1.32. The van der Waals surface area contributed by atoms with Crippen molar-refractivity contribution in [3.05, 3.63) is 35.4 Å². The molecule has 0 radical (unpaired) electrons. The molecule has 2 N–H and O–H groups in total. The van der Waals surface area contributed by atoms with E-state index in [4.69, 9.17) is 0 Å². The minimum Gasteiger partial charge on any atom is -0.303 e. The van der Waals surface area contributed by atoms with Crippen LogP contribution in [0.1, 0.15) is 30.0 Å². The Morgan fingerprint density at radius 3 is 2.94 bits per heavy atom. The number of nitrogens with zero attached hydrogens (tertiary/aromatic N) is 4. The Morgan fingerprint density at radius 1 is 1.44 bits per heavy atom. The molecule has 1 unspecified atom stereocenters. The zero-order valence-corrected chi connectivity index (χ0v) is 9.31. The summed E-state index contributed by atoms with van der Waals surface area (Å²) < 4.78 is 0. The second-order valence-electron chi connectivity index (χ2n) is 3.68. The van der Waals surface area contributed by atoms with Crippen molar-refractivity contribution in [2.24, 2.45) is 0 Å². The highest BCUT2D eigenvalue weighted by molar-refractivity contribution is 5.13. The Balaban J connectivity index is 1.90. The van der Waals surface area contributed by atoms with Gasteiger partial charge in [0.2, 0.25) is 0 Å². The summed E-state index contributed by atoms with van der Waals surface area (Å²) in [5.41, 5.74) is 2.16. The lowest BCUT2D eigenvalue weighted by atomic mass is 10.2. The lowest BCUT2D eigenvalue weighted by Gasteiger charge is -2.09. The third-order valence-electron chi connectivity index (χ3n) is 2.33. The van der Waals surface area contributed by atoms with E-state index in [0.717, 1.165) is 17.8 Å². The van der Waals surface area contributed by atoms with Gasteiger partial charge in [0.25, 0.3) is 0 Å². The topological polar surface area (TPSA) is 79.4 Å². The van der Waals surface area contributed by atoms with Gasteiger partial charge in [-0.15, -0.1) is 10.2 Å². The average molecular weight is 218 g/mol. The summed E-state index contributed by atoms with van der Waals surface area (Å²) in [6.07, 6.45) is 1.87. The van der Waals surface area contributed by atoms with Crippen molar-refractivity contribution in [2.75, 3.05) is 0 Å². The monoisotopic (exact) mass is 218 g/mol. The number of H-pyrrole nitrogens is 1. The molecule has 84 valence electrons. The fraction of sp³-hybridized carbons (Fsp3) is 0.400. The van der Waals surface area contributed by atoms with Crippen LogP contribution in [0, 0.1) is 6.92 Å². The molecular weight excluding hydrogens is 204 g/mol. The van der Waals surface area contributed by atoms with E-state index in [2.05, 4.69) is 37.0 Å². The number of rotatable bonds is 4. The molecule has 0 amide bonds. The van der Waals surface area contributed by atoms with Crippen LogP contribution in [0.5, 0.6) is 0 Å². The minimum absolute atomic E-state index is 0.0695. The van der Waals surface area contributed by atoms with E-state index >= 15 is 0 Å². The summed E-state index contributed by atoms with van der Waals surface area (Å²) in [5, 5.41) is 17.1. The Hall–Kier alpha value is -1.82. The van der Waals surface area contributed by atoms with Crippen molar-refractivity contribution in [3.8, 4) is 0 Å². The molecule has 0 aromatic carbocycles. The van der Waals surface area contributed by atoms with Crippen LogP contribution in [0.3, 0.4) is 0 Å². The standard InChI is InChI=1S/C10H14N6/c1-7-3-4-9(5-11-7)6-12-8(2)10-13-15-16-14-10/h3-5,8,12H,6H2,1-2H3,(H,13,14,15,16). The maximum atomic E-state index is 4.23. The highest BCUT2D eigenvalue weighted by Crippen LogP contribution is 2.05. The SMILES string of the molecule is Cc1ccc(CNC(C)c2nn[nH]n2)cn1. The molecule has 2 aromatic rings. The minimum atomic E-state index is 0.0695. The van der Waals surface area contributed by atoms with Crippen LogP contribution in [0.2, 0.25) is 0 Å². The molecule has 0 saturated heterocycles. The maximum Gasteiger partial charge on any atom is 0.191 e. The van der Waals surface area contributed by atoms with Crippen molar-refractivity contribution in [2.45, 2.75) is 26.4 Å². The maximum absolute atomic E-state index is 4.23. The third-order valence-corrected chi connectivity index (χ3v) is 2.33. The number of nitrogens with one attached hydrogen (secondary N) is 2. The molecule has 16 heavy (non-hydrogen) atoms. The number of hydrogen-bond donors (Lipinski definition) is 2. The summed E-state index contributed by atoms with van der Waals surface area (Å²) in [5.74, 6) is 0.667. The predicted octanol–water partition coefficient (Wildman–Crippen LogP) is 0.754. The van der Waals surface area contributed by atoms with Gasteiger partial charge < -0.3 is 5.32 Å². The fourth-order valence-corrected chi connectivity index (χ4v) is 1.32. The van der Waals surface area contributed by atoms with Crippen molar-refractivity contribution in [1.29, 1.82) is 0 Å². The molecule has 2 aromatic heterocycles. The van der Waals surface area contributed by atoms with Crippen LogP contribution in [0.25, 0.3) is 0 Å². The number of aromatic amines is 1. The zero-order chi connectivity index (χ0) is 11.4. The summed E-state index contributed by atoms with van der Waals surface area (Å²) in [6, 6.07) is 4.12. The van der Waals surface area contributed by atoms with E-state index in [1.807, 2.05) is 26.1 Å². The van der Waals surface area contributed by atoms with Gasteiger partial charge in [-0.1, -0.05) is 11.3 Å². The van der Waals surface area contributed by atoms with Gasteiger partial charge >= 0.3 is 0 Å². The Kier molecular flexibility index (Phi) is 3.21. The van der Waals surface area contributed by atoms with Crippen molar-refractivity contribution in [1.82, 2.24) is 30.9 Å². The summed E-state index contributed by atoms with van der Waals surface area (Å²) in [4.78, 5) is 4.23. The molecule has 0 spiro atoms. The second kappa shape index (κ2) is 4.80. The van der Waals surface area contributed by atoms with Crippen LogP contribution in [-0.4, -0.2) is 25.6 Å². The second-order valence-corrected chi connectivity index (χ2v) is 3.68. The van der Waals surface area contributed by atoms with Crippen molar-refractivity contribution >= 4 is 0 Å². The Bertz CT molecular complexity index is 421. The first-order valence-corrected chi connectivity index (χ1v) is 5.14. The molecule has 0 saturated carbocycles. The number of pyridine rings is 1. The van der Waals surface area contributed by atoms with Gasteiger partial charge in [-0.05, 0) is 25.5 Å². The van der Waals surface area contributed by atoms with Gasteiger partial charge in [-0.25, -0.2) is 0 Å². The lowest BCUT2D eigenvalue weighted by molar-refractivity contribution is 0.546. The molecule has 6 nitrogen and oxygen atoms in total. The van der Waals surface area contributed by atoms with E-state index in [-0.39, 0.29) is 6.04 Å². The van der Waals surface area contributed by atoms with Gasteiger partial charge in [0.05, 0.1) is 6.04 Å². The molecular formula is C10H14N6. The molecule has 1 atom stereocenters. The van der Waals surface area contributed by atoms with Gasteiger partial charge in [0.1, 0.15) is 0 Å². The third kappa shape index (κ3) is 2.60. The largest absolute Gasteiger partial charge is 0.303 e. The van der Waals surface area contributed by atoms with Crippen LogP contribution >= 0.6 is 0 Å². The molecule has 6 heteroatoms. The van der Waals surface area contributed by atoms with Crippen LogP contribution in [-0.2, 0) is 6.54 Å². The highest BCUT2D eigenvalue weighted by atomic mass is 15.5. The first-order valence-electron chi connectivity index (χ1n) is 5.14. The van der Waals surface area contributed by atoms with Crippen LogP contribution < -0.4 is 5.32 Å². The van der Waals surface area contributed by atoms with Gasteiger partial charge in [0.15, 0.2) is 5.82 Å². The molecule has 0 aliphatic heterocycles. The Morgan fingerprint density at radius 2 is 2.31 bits per heavy atom. The molecule has 0 fully saturated rings. The predicted molar refractivity (Wildman–Crippen MR) is 58.4 cm³/mol. The van der Waals surface area contributed by atoms with E-state index in [1.54, 1.807) is 0 Å². The summed E-state index contributed by atoms with van der Waals surface area (Å²) in [7, 11) is 0. The van der Waals surface area contributed by atoms with E-state index in [1.165, 1.54) is 0 Å². The molecule has 0 bridgehead atoms. The number of aromatic nitrogens is 5. The first-order chi connectivity index (χ1) is 7.75. The number of aryl methyl sites for hydroxylation is 1. The lowest BCUT2D eigenvalue weighted by Crippen LogP contribution is -2.19. The van der Waals surface area contributed by atoms with E-state index in [9.17, 15) is 0 Å². The highest BCUT2D eigenvalue weighted by Gasteiger charge is 2.08. The zero-order valence-electron chi connectivity index (χ0n) is 9.31. The smallest absolute Gasteiger partial charge is 0.191 e. The normalized spacial score (nSPS) is 12.6. The Labute approximate surface area is 93.5 Å². The van der Waals surface area contributed by atoms with Gasteiger partial charge in [-0.2, -0.15) is 5.21 Å². The van der Waals surface area contributed by atoms with Gasteiger partial charge in [-0.3, -0.25) is 4.98 Å².